The monoisotopic (exact) mass is 234 g/mol. The summed E-state index contributed by atoms with van der Waals surface area (Å²) in [6.45, 7) is 8.58. The maximum Gasteiger partial charge on any atom is 0.233 e. The summed E-state index contributed by atoms with van der Waals surface area (Å²) in [7, 11) is 0. The number of benzene rings is 1. The molecule has 0 aliphatic carbocycles. The molecule has 94 valence electrons. The average Bonchev–Trinajstić information content (AvgIpc) is 2.30. The maximum atomic E-state index is 11.1. The zero-order valence-electron chi connectivity index (χ0n) is 11.2. The fourth-order valence-corrected chi connectivity index (χ4v) is 2.17. The third-order valence-electron chi connectivity index (χ3n) is 3.51. The van der Waals surface area contributed by atoms with Gasteiger partial charge in [-0.1, -0.05) is 6.07 Å². The first kappa shape index (κ1) is 13.7. The third-order valence-corrected chi connectivity index (χ3v) is 3.51. The molecule has 0 radical (unpaired) electrons. The summed E-state index contributed by atoms with van der Waals surface area (Å²) < 4.78 is 0. The van der Waals surface area contributed by atoms with Crippen LogP contribution in [0, 0.1) is 27.7 Å². The molecule has 0 bridgehead atoms. The van der Waals surface area contributed by atoms with Crippen LogP contribution in [0.2, 0.25) is 0 Å². The van der Waals surface area contributed by atoms with Gasteiger partial charge in [0.1, 0.15) is 0 Å². The predicted molar refractivity (Wildman–Crippen MR) is 70.7 cm³/mol. The minimum atomic E-state index is -0.0929. The molecular weight excluding hydrogens is 212 g/mol. The molecule has 0 unspecified atom stereocenters. The second-order valence-corrected chi connectivity index (χ2v) is 4.66. The van der Waals surface area contributed by atoms with Crippen molar-refractivity contribution in [1.82, 2.24) is 5.43 Å². The van der Waals surface area contributed by atoms with Crippen molar-refractivity contribution in [3.8, 4) is 0 Å². The summed E-state index contributed by atoms with van der Waals surface area (Å²) in [5.74, 6) is 4.97. The molecule has 1 aromatic carbocycles. The van der Waals surface area contributed by atoms with Gasteiger partial charge in [0.15, 0.2) is 0 Å². The molecule has 0 spiro atoms. The molecule has 0 fully saturated rings. The van der Waals surface area contributed by atoms with Crippen LogP contribution in [0.15, 0.2) is 6.07 Å². The second kappa shape index (κ2) is 5.82. The van der Waals surface area contributed by atoms with Crippen LogP contribution < -0.4 is 11.3 Å². The first-order chi connectivity index (χ1) is 7.97. The SMILES string of the molecule is Cc1cc(C)c(C)c(CCCC(=O)NN)c1C. The van der Waals surface area contributed by atoms with E-state index in [0.29, 0.717) is 6.42 Å². The highest BCUT2D eigenvalue weighted by atomic mass is 16.2. The van der Waals surface area contributed by atoms with E-state index in [2.05, 4.69) is 39.2 Å². The van der Waals surface area contributed by atoms with Crippen molar-refractivity contribution < 1.29 is 4.79 Å². The minimum absolute atomic E-state index is 0.0929. The molecule has 3 heteroatoms. The number of carbonyl (C=O) groups excluding carboxylic acids is 1. The number of nitrogens with two attached hydrogens (primary N) is 1. The Morgan fingerprint density at radius 3 is 2.18 bits per heavy atom. The van der Waals surface area contributed by atoms with Crippen molar-refractivity contribution in [1.29, 1.82) is 0 Å². The fraction of sp³-hybridized carbons (Fsp3) is 0.500. The summed E-state index contributed by atoms with van der Waals surface area (Å²) in [4.78, 5) is 11.1. The van der Waals surface area contributed by atoms with Gasteiger partial charge in [0, 0.05) is 6.42 Å². The normalized spacial score (nSPS) is 10.4. The van der Waals surface area contributed by atoms with Gasteiger partial charge in [-0.15, -0.1) is 0 Å². The fourth-order valence-electron chi connectivity index (χ4n) is 2.17. The number of hydrazine groups is 1. The van der Waals surface area contributed by atoms with Gasteiger partial charge in [0.25, 0.3) is 0 Å². The van der Waals surface area contributed by atoms with Crippen LogP contribution >= 0.6 is 0 Å². The van der Waals surface area contributed by atoms with E-state index in [1.54, 1.807) is 0 Å². The van der Waals surface area contributed by atoms with E-state index in [0.717, 1.165) is 12.8 Å². The molecule has 1 rings (SSSR count). The highest BCUT2D eigenvalue weighted by Gasteiger charge is 2.08. The number of hydrogen-bond acceptors (Lipinski definition) is 2. The van der Waals surface area contributed by atoms with Crippen LogP contribution in [-0.2, 0) is 11.2 Å². The van der Waals surface area contributed by atoms with Crippen molar-refractivity contribution in [2.24, 2.45) is 5.84 Å². The van der Waals surface area contributed by atoms with E-state index >= 15 is 0 Å². The molecule has 0 aliphatic rings. The molecule has 3 N–H and O–H groups in total. The van der Waals surface area contributed by atoms with Gasteiger partial charge >= 0.3 is 0 Å². The molecule has 1 amide bonds. The van der Waals surface area contributed by atoms with E-state index in [1.165, 1.54) is 27.8 Å². The van der Waals surface area contributed by atoms with E-state index in [-0.39, 0.29) is 5.91 Å². The van der Waals surface area contributed by atoms with E-state index in [1.807, 2.05) is 0 Å². The van der Waals surface area contributed by atoms with Crippen LogP contribution in [0.25, 0.3) is 0 Å². The first-order valence-electron chi connectivity index (χ1n) is 6.03. The Morgan fingerprint density at radius 2 is 1.71 bits per heavy atom. The lowest BCUT2D eigenvalue weighted by Gasteiger charge is -2.15. The van der Waals surface area contributed by atoms with E-state index in [4.69, 9.17) is 5.84 Å². The molecule has 0 aliphatic heterocycles. The second-order valence-electron chi connectivity index (χ2n) is 4.66. The Morgan fingerprint density at radius 1 is 1.18 bits per heavy atom. The Bertz CT molecular complexity index is 398. The Labute approximate surface area is 103 Å². The first-order valence-corrected chi connectivity index (χ1v) is 6.03. The van der Waals surface area contributed by atoms with Crippen molar-refractivity contribution in [2.75, 3.05) is 0 Å². The lowest BCUT2D eigenvalue weighted by Crippen LogP contribution is -2.29. The predicted octanol–water partition coefficient (Wildman–Crippen LogP) is 2.23. The summed E-state index contributed by atoms with van der Waals surface area (Å²) in [6, 6.07) is 2.22. The number of hydrogen-bond donors (Lipinski definition) is 2. The lowest BCUT2D eigenvalue weighted by atomic mass is 9.91. The molecule has 0 atom stereocenters. The van der Waals surface area contributed by atoms with Crippen LogP contribution in [0.1, 0.15) is 40.7 Å². The molecular formula is C14H22N2O. The highest BCUT2D eigenvalue weighted by molar-refractivity contribution is 5.75. The zero-order chi connectivity index (χ0) is 13.0. The topological polar surface area (TPSA) is 55.1 Å². The largest absolute Gasteiger partial charge is 0.294 e. The van der Waals surface area contributed by atoms with Gasteiger partial charge in [-0.2, -0.15) is 0 Å². The van der Waals surface area contributed by atoms with Crippen molar-refractivity contribution in [3.05, 3.63) is 33.9 Å². The molecule has 0 heterocycles. The lowest BCUT2D eigenvalue weighted by molar-refractivity contribution is -0.121. The molecule has 0 saturated heterocycles. The van der Waals surface area contributed by atoms with Crippen LogP contribution in [0.4, 0.5) is 0 Å². The van der Waals surface area contributed by atoms with E-state index in [9.17, 15) is 4.79 Å². The summed E-state index contributed by atoms with van der Waals surface area (Å²) in [5, 5.41) is 0. The summed E-state index contributed by atoms with van der Waals surface area (Å²) in [6.07, 6.45) is 2.27. The maximum absolute atomic E-state index is 11.1. The van der Waals surface area contributed by atoms with Gasteiger partial charge < -0.3 is 0 Å². The van der Waals surface area contributed by atoms with Gasteiger partial charge in [-0.25, -0.2) is 5.84 Å². The number of nitrogens with one attached hydrogen (secondary N) is 1. The van der Waals surface area contributed by atoms with Gasteiger partial charge in [0.2, 0.25) is 5.91 Å². The van der Waals surface area contributed by atoms with Crippen LogP contribution in [0.5, 0.6) is 0 Å². The number of carbonyl (C=O) groups is 1. The third kappa shape index (κ3) is 3.30. The number of amides is 1. The van der Waals surface area contributed by atoms with Crippen LogP contribution in [-0.4, -0.2) is 5.91 Å². The molecule has 0 saturated carbocycles. The number of rotatable bonds is 4. The van der Waals surface area contributed by atoms with E-state index < -0.39 is 0 Å². The molecule has 0 aromatic heterocycles. The number of aryl methyl sites for hydroxylation is 2. The molecule has 3 nitrogen and oxygen atoms in total. The standard InChI is InChI=1S/C14H22N2O/c1-9-8-10(2)12(4)13(11(9)3)6-5-7-14(17)16-15/h8H,5-7,15H2,1-4H3,(H,16,17). The zero-order valence-corrected chi connectivity index (χ0v) is 11.2. The quantitative estimate of drug-likeness (QED) is 0.477. The van der Waals surface area contributed by atoms with Crippen molar-refractivity contribution >= 4 is 5.91 Å². The van der Waals surface area contributed by atoms with Crippen molar-refractivity contribution in [3.63, 3.8) is 0 Å². The Balaban J connectivity index is 2.80. The smallest absolute Gasteiger partial charge is 0.233 e. The summed E-state index contributed by atoms with van der Waals surface area (Å²) >= 11 is 0. The highest BCUT2D eigenvalue weighted by Crippen LogP contribution is 2.23. The molecule has 17 heavy (non-hydrogen) atoms. The van der Waals surface area contributed by atoms with Gasteiger partial charge in [-0.05, 0) is 68.4 Å². The molecule has 1 aromatic rings. The summed E-state index contributed by atoms with van der Waals surface area (Å²) in [5.41, 5.74) is 8.89. The Hall–Kier alpha value is -1.35. The van der Waals surface area contributed by atoms with Crippen LogP contribution in [0.3, 0.4) is 0 Å². The van der Waals surface area contributed by atoms with Gasteiger partial charge in [0.05, 0.1) is 0 Å². The Kier molecular flexibility index (Phi) is 4.70. The average molecular weight is 234 g/mol. The van der Waals surface area contributed by atoms with Gasteiger partial charge in [-0.3, -0.25) is 10.2 Å². The minimum Gasteiger partial charge on any atom is -0.294 e. The van der Waals surface area contributed by atoms with Crippen molar-refractivity contribution in [2.45, 2.75) is 47.0 Å².